The van der Waals surface area contributed by atoms with Gasteiger partial charge in [-0.05, 0) is 31.0 Å². The Morgan fingerprint density at radius 1 is 1.24 bits per heavy atom. The molecule has 1 aliphatic carbocycles. The third-order valence-corrected chi connectivity index (χ3v) is 3.23. The van der Waals surface area contributed by atoms with E-state index in [-0.39, 0.29) is 17.8 Å². The first-order chi connectivity index (χ1) is 10.2. The Morgan fingerprint density at radius 3 is 2.67 bits per heavy atom. The van der Waals surface area contributed by atoms with E-state index in [1.807, 2.05) is 0 Å². The van der Waals surface area contributed by atoms with Crippen LogP contribution in [0.4, 0.5) is 6.01 Å². The van der Waals surface area contributed by atoms with Crippen molar-refractivity contribution in [2.45, 2.75) is 12.8 Å². The molecule has 1 amide bonds. The van der Waals surface area contributed by atoms with Gasteiger partial charge in [-0.3, -0.25) is 10.1 Å². The number of anilines is 1. The Labute approximate surface area is 121 Å². The number of amides is 1. The van der Waals surface area contributed by atoms with Crippen LogP contribution in [-0.2, 0) is 4.79 Å². The molecule has 1 heterocycles. The minimum Gasteiger partial charge on any atom is -0.493 e. The van der Waals surface area contributed by atoms with Gasteiger partial charge in [-0.2, -0.15) is 0 Å². The van der Waals surface area contributed by atoms with E-state index >= 15 is 0 Å². The fraction of sp³-hybridized carbons (Fsp3) is 0.357. The monoisotopic (exact) mass is 289 g/mol. The molecule has 1 aromatic heterocycles. The number of carbonyl (C=O) groups excluding carboxylic acids is 1. The second-order valence-electron chi connectivity index (χ2n) is 4.75. The summed E-state index contributed by atoms with van der Waals surface area (Å²) in [6.45, 7) is 0. The van der Waals surface area contributed by atoms with Crippen LogP contribution in [0.15, 0.2) is 22.6 Å². The molecule has 1 aliphatic rings. The zero-order chi connectivity index (χ0) is 14.8. The SMILES string of the molecule is COc1ccc(-c2nnc(NC(=O)C3CC3)o2)cc1OC. The molecule has 0 atom stereocenters. The van der Waals surface area contributed by atoms with Gasteiger partial charge in [0.25, 0.3) is 0 Å². The number of carbonyl (C=O) groups is 1. The number of hydrogen-bond acceptors (Lipinski definition) is 6. The molecule has 1 saturated carbocycles. The molecule has 2 aromatic rings. The van der Waals surface area contributed by atoms with E-state index in [0.29, 0.717) is 23.0 Å². The van der Waals surface area contributed by atoms with Crippen LogP contribution in [0.2, 0.25) is 0 Å². The van der Waals surface area contributed by atoms with E-state index in [1.165, 1.54) is 0 Å². The van der Waals surface area contributed by atoms with E-state index in [9.17, 15) is 4.79 Å². The van der Waals surface area contributed by atoms with E-state index in [0.717, 1.165) is 12.8 Å². The second kappa shape index (κ2) is 5.43. The molecule has 0 unspecified atom stereocenters. The number of methoxy groups -OCH3 is 2. The topological polar surface area (TPSA) is 86.5 Å². The van der Waals surface area contributed by atoms with Gasteiger partial charge < -0.3 is 13.9 Å². The summed E-state index contributed by atoms with van der Waals surface area (Å²) in [5.41, 5.74) is 0.687. The first-order valence-corrected chi connectivity index (χ1v) is 6.58. The molecule has 7 heteroatoms. The first-order valence-electron chi connectivity index (χ1n) is 6.58. The highest BCUT2D eigenvalue weighted by atomic mass is 16.5. The molecule has 0 radical (unpaired) electrons. The lowest BCUT2D eigenvalue weighted by molar-refractivity contribution is -0.117. The standard InChI is InChI=1S/C14H15N3O4/c1-19-10-6-5-9(7-11(10)20-2)13-16-17-14(21-13)15-12(18)8-3-4-8/h5-8H,3-4H2,1-2H3,(H,15,17,18). The predicted octanol–water partition coefficient (Wildman–Crippen LogP) is 2.10. The summed E-state index contributed by atoms with van der Waals surface area (Å²) in [4.78, 5) is 11.6. The smallest absolute Gasteiger partial charge is 0.322 e. The highest BCUT2D eigenvalue weighted by Crippen LogP contribution is 2.33. The number of ether oxygens (including phenoxy) is 2. The zero-order valence-corrected chi connectivity index (χ0v) is 11.8. The lowest BCUT2D eigenvalue weighted by Gasteiger charge is -2.07. The van der Waals surface area contributed by atoms with Crippen molar-refractivity contribution in [3.8, 4) is 23.0 Å². The minimum absolute atomic E-state index is 0.0717. The van der Waals surface area contributed by atoms with Gasteiger partial charge in [-0.15, -0.1) is 5.10 Å². The third kappa shape index (κ3) is 2.81. The average Bonchev–Trinajstić information content (AvgIpc) is 3.27. The normalized spacial score (nSPS) is 13.8. The van der Waals surface area contributed by atoms with Crippen LogP contribution in [-0.4, -0.2) is 30.3 Å². The Bertz CT molecular complexity index is 664. The van der Waals surface area contributed by atoms with E-state index < -0.39 is 0 Å². The molecule has 0 bridgehead atoms. The summed E-state index contributed by atoms with van der Waals surface area (Å²) >= 11 is 0. The molecule has 1 fully saturated rings. The highest BCUT2D eigenvalue weighted by molar-refractivity contribution is 5.92. The molecule has 7 nitrogen and oxygen atoms in total. The van der Waals surface area contributed by atoms with Gasteiger partial charge in [0.1, 0.15) is 0 Å². The molecule has 1 N–H and O–H groups in total. The van der Waals surface area contributed by atoms with Crippen LogP contribution in [0.5, 0.6) is 11.5 Å². The Morgan fingerprint density at radius 2 is 2.00 bits per heavy atom. The molecule has 3 rings (SSSR count). The summed E-state index contributed by atoms with van der Waals surface area (Å²) in [6, 6.07) is 5.37. The molecule has 21 heavy (non-hydrogen) atoms. The van der Waals surface area contributed by atoms with Crippen LogP contribution in [0.1, 0.15) is 12.8 Å². The van der Waals surface area contributed by atoms with Crippen LogP contribution in [0, 0.1) is 5.92 Å². The number of rotatable bonds is 5. The van der Waals surface area contributed by atoms with Gasteiger partial charge in [0.15, 0.2) is 11.5 Å². The highest BCUT2D eigenvalue weighted by Gasteiger charge is 2.30. The molecule has 0 spiro atoms. The van der Waals surface area contributed by atoms with Crippen molar-refractivity contribution in [2.24, 2.45) is 5.92 Å². The van der Waals surface area contributed by atoms with E-state index in [4.69, 9.17) is 13.9 Å². The maximum absolute atomic E-state index is 11.6. The molecular weight excluding hydrogens is 274 g/mol. The van der Waals surface area contributed by atoms with Gasteiger partial charge in [0.05, 0.1) is 14.2 Å². The lowest BCUT2D eigenvalue weighted by Crippen LogP contribution is -2.13. The minimum atomic E-state index is -0.0717. The van der Waals surface area contributed by atoms with Crippen molar-refractivity contribution in [3.05, 3.63) is 18.2 Å². The number of benzene rings is 1. The van der Waals surface area contributed by atoms with Crippen LogP contribution >= 0.6 is 0 Å². The summed E-state index contributed by atoms with van der Waals surface area (Å²) in [5.74, 6) is 1.50. The van der Waals surface area contributed by atoms with Gasteiger partial charge in [-0.25, -0.2) is 0 Å². The molecule has 0 saturated heterocycles. The van der Waals surface area contributed by atoms with Gasteiger partial charge in [0.2, 0.25) is 11.8 Å². The molecular formula is C14H15N3O4. The van der Waals surface area contributed by atoms with Gasteiger partial charge in [-0.1, -0.05) is 5.10 Å². The van der Waals surface area contributed by atoms with Crippen molar-refractivity contribution in [2.75, 3.05) is 19.5 Å². The quantitative estimate of drug-likeness (QED) is 0.907. The maximum Gasteiger partial charge on any atom is 0.322 e. The summed E-state index contributed by atoms with van der Waals surface area (Å²) < 4.78 is 15.8. The fourth-order valence-corrected chi connectivity index (χ4v) is 1.91. The average molecular weight is 289 g/mol. The number of nitrogens with zero attached hydrogens (tertiary/aromatic N) is 2. The van der Waals surface area contributed by atoms with Crippen molar-refractivity contribution < 1.29 is 18.7 Å². The summed E-state index contributed by atoms with van der Waals surface area (Å²) in [5, 5.41) is 10.4. The predicted molar refractivity (Wildman–Crippen MR) is 74.2 cm³/mol. The number of aromatic nitrogens is 2. The molecule has 1 aromatic carbocycles. The van der Waals surface area contributed by atoms with Crippen LogP contribution < -0.4 is 14.8 Å². The Kier molecular flexibility index (Phi) is 3.47. The number of nitrogens with one attached hydrogen (secondary N) is 1. The summed E-state index contributed by atoms with van der Waals surface area (Å²) in [7, 11) is 3.12. The molecule has 110 valence electrons. The molecule has 0 aliphatic heterocycles. The number of hydrogen-bond donors (Lipinski definition) is 1. The summed E-state index contributed by atoms with van der Waals surface area (Å²) in [6.07, 6.45) is 1.84. The Balaban J connectivity index is 1.80. The van der Waals surface area contributed by atoms with Crippen molar-refractivity contribution in [3.63, 3.8) is 0 Å². The van der Waals surface area contributed by atoms with Crippen molar-refractivity contribution in [1.29, 1.82) is 0 Å². The van der Waals surface area contributed by atoms with E-state index in [2.05, 4.69) is 15.5 Å². The lowest BCUT2D eigenvalue weighted by atomic mass is 10.2. The Hall–Kier alpha value is -2.57. The van der Waals surface area contributed by atoms with Gasteiger partial charge in [0, 0.05) is 11.5 Å². The fourth-order valence-electron chi connectivity index (χ4n) is 1.91. The van der Waals surface area contributed by atoms with Crippen molar-refractivity contribution in [1.82, 2.24) is 10.2 Å². The van der Waals surface area contributed by atoms with Crippen LogP contribution in [0.25, 0.3) is 11.5 Å². The van der Waals surface area contributed by atoms with Gasteiger partial charge >= 0.3 is 6.01 Å². The van der Waals surface area contributed by atoms with Crippen LogP contribution in [0.3, 0.4) is 0 Å². The van der Waals surface area contributed by atoms with Crippen molar-refractivity contribution >= 4 is 11.9 Å². The third-order valence-electron chi connectivity index (χ3n) is 3.23. The maximum atomic E-state index is 11.6. The zero-order valence-electron chi connectivity index (χ0n) is 11.8. The second-order valence-corrected chi connectivity index (χ2v) is 4.75. The first kappa shape index (κ1) is 13.4. The largest absolute Gasteiger partial charge is 0.493 e. The van der Waals surface area contributed by atoms with E-state index in [1.54, 1.807) is 32.4 Å².